The van der Waals surface area contributed by atoms with E-state index >= 15 is 0 Å². The molecule has 0 atom stereocenters. The fourth-order valence-corrected chi connectivity index (χ4v) is 2.14. The molecule has 0 aliphatic carbocycles. The van der Waals surface area contributed by atoms with Crippen molar-refractivity contribution in [2.45, 2.75) is 13.5 Å². The zero-order valence-electron chi connectivity index (χ0n) is 12.8. The summed E-state index contributed by atoms with van der Waals surface area (Å²) in [6, 6.07) is 8.94. The van der Waals surface area contributed by atoms with Crippen molar-refractivity contribution in [1.82, 2.24) is 15.1 Å². The number of pyridine rings is 1. The van der Waals surface area contributed by atoms with E-state index in [0.717, 1.165) is 5.56 Å². The molecule has 0 fully saturated rings. The quantitative estimate of drug-likeness (QED) is 0.748. The van der Waals surface area contributed by atoms with Crippen molar-refractivity contribution in [1.29, 1.82) is 0 Å². The Hall–Kier alpha value is -3.09. The Balaban J connectivity index is 1.76. The van der Waals surface area contributed by atoms with Crippen molar-refractivity contribution < 1.29 is 14.4 Å². The first-order chi connectivity index (χ1) is 11.2. The van der Waals surface area contributed by atoms with Crippen LogP contribution in [0.15, 0.2) is 41.1 Å². The maximum Gasteiger partial charge on any atom is 0.258 e. The number of benzene rings is 1. The van der Waals surface area contributed by atoms with Crippen LogP contribution in [-0.4, -0.2) is 27.3 Å². The van der Waals surface area contributed by atoms with Crippen LogP contribution in [0.5, 0.6) is 11.5 Å². The van der Waals surface area contributed by atoms with Crippen LogP contribution >= 0.6 is 0 Å². The van der Waals surface area contributed by atoms with Gasteiger partial charge in [0.2, 0.25) is 0 Å². The van der Waals surface area contributed by atoms with Gasteiger partial charge in [-0.2, -0.15) is 4.98 Å². The number of nitrogens with one attached hydrogen (secondary N) is 1. The summed E-state index contributed by atoms with van der Waals surface area (Å²) in [5.41, 5.74) is 1.49. The number of rotatable bonds is 5. The molecular weight excluding hydrogens is 296 g/mol. The SMILES string of the molecule is COc1cccc(CNc2cc(-c3nc(C)no3)ccn2)c1O. The molecule has 0 aliphatic heterocycles. The number of phenolic OH excluding ortho intramolecular Hbond substituents is 1. The van der Waals surface area contributed by atoms with Crippen LogP contribution in [0.2, 0.25) is 0 Å². The van der Waals surface area contributed by atoms with Gasteiger partial charge in [0.15, 0.2) is 17.3 Å². The van der Waals surface area contributed by atoms with Gasteiger partial charge in [-0.15, -0.1) is 0 Å². The molecule has 0 unspecified atom stereocenters. The summed E-state index contributed by atoms with van der Waals surface area (Å²) in [6.07, 6.45) is 1.66. The van der Waals surface area contributed by atoms with Crippen LogP contribution in [0, 0.1) is 6.92 Å². The lowest BCUT2D eigenvalue weighted by Gasteiger charge is -2.10. The second-order valence-electron chi connectivity index (χ2n) is 4.90. The molecule has 2 aromatic heterocycles. The predicted molar refractivity (Wildman–Crippen MR) is 84.3 cm³/mol. The maximum atomic E-state index is 10.1. The Morgan fingerprint density at radius 2 is 2.17 bits per heavy atom. The van der Waals surface area contributed by atoms with E-state index in [-0.39, 0.29) is 5.75 Å². The molecule has 1 aromatic carbocycles. The van der Waals surface area contributed by atoms with Crippen LogP contribution in [0.4, 0.5) is 5.82 Å². The average Bonchev–Trinajstić information content (AvgIpc) is 3.01. The lowest BCUT2D eigenvalue weighted by Crippen LogP contribution is -2.02. The molecule has 7 nitrogen and oxygen atoms in total. The highest BCUT2D eigenvalue weighted by molar-refractivity contribution is 5.58. The van der Waals surface area contributed by atoms with Crippen molar-refractivity contribution in [3.8, 4) is 23.0 Å². The number of aromatic nitrogens is 3. The van der Waals surface area contributed by atoms with E-state index in [1.165, 1.54) is 7.11 Å². The van der Waals surface area contributed by atoms with Gasteiger partial charge >= 0.3 is 0 Å². The van der Waals surface area contributed by atoms with E-state index in [1.807, 2.05) is 18.2 Å². The Labute approximate surface area is 133 Å². The van der Waals surface area contributed by atoms with Gasteiger partial charge < -0.3 is 19.7 Å². The van der Waals surface area contributed by atoms with Gasteiger partial charge in [0, 0.05) is 23.9 Å². The summed E-state index contributed by atoms with van der Waals surface area (Å²) in [7, 11) is 1.52. The Kier molecular flexibility index (Phi) is 4.09. The minimum atomic E-state index is 0.117. The van der Waals surface area contributed by atoms with Gasteiger partial charge in [-0.05, 0) is 25.1 Å². The molecule has 0 saturated heterocycles. The second-order valence-corrected chi connectivity index (χ2v) is 4.90. The summed E-state index contributed by atoms with van der Waals surface area (Å²) in [4.78, 5) is 8.43. The summed E-state index contributed by atoms with van der Waals surface area (Å²) >= 11 is 0. The fraction of sp³-hybridized carbons (Fsp3) is 0.188. The highest BCUT2D eigenvalue weighted by atomic mass is 16.5. The number of para-hydroxylation sites is 1. The summed E-state index contributed by atoms with van der Waals surface area (Å²) in [5, 5.41) is 17.0. The minimum absolute atomic E-state index is 0.117. The van der Waals surface area contributed by atoms with Gasteiger partial charge in [0.05, 0.1) is 7.11 Å². The molecule has 23 heavy (non-hydrogen) atoms. The van der Waals surface area contributed by atoms with Crippen LogP contribution in [0.25, 0.3) is 11.5 Å². The van der Waals surface area contributed by atoms with Gasteiger partial charge in [0.1, 0.15) is 5.82 Å². The summed E-state index contributed by atoms with van der Waals surface area (Å²) in [6.45, 7) is 2.17. The molecule has 3 rings (SSSR count). The smallest absolute Gasteiger partial charge is 0.258 e. The van der Waals surface area contributed by atoms with Gasteiger partial charge in [-0.25, -0.2) is 4.98 Å². The first-order valence-electron chi connectivity index (χ1n) is 7.03. The van der Waals surface area contributed by atoms with Crippen molar-refractivity contribution in [2.24, 2.45) is 0 Å². The van der Waals surface area contributed by atoms with Crippen molar-refractivity contribution in [3.05, 3.63) is 47.9 Å². The maximum absolute atomic E-state index is 10.1. The van der Waals surface area contributed by atoms with Crippen LogP contribution < -0.4 is 10.1 Å². The molecule has 0 radical (unpaired) electrons. The Morgan fingerprint density at radius 1 is 1.30 bits per heavy atom. The van der Waals surface area contributed by atoms with Crippen molar-refractivity contribution in [2.75, 3.05) is 12.4 Å². The zero-order valence-corrected chi connectivity index (χ0v) is 12.8. The van der Waals surface area contributed by atoms with Gasteiger partial charge in [-0.1, -0.05) is 17.3 Å². The highest BCUT2D eigenvalue weighted by Crippen LogP contribution is 2.29. The molecular formula is C16H16N4O3. The predicted octanol–water partition coefficient (Wildman–Crippen LogP) is 2.77. The minimum Gasteiger partial charge on any atom is -0.504 e. The highest BCUT2D eigenvalue weighted by Gasteiger charge is 2.09. The molecule has 118 valence electrons. The summed E-state index contributed by atoms with van der Waals surface area (Å²) < 4.78 is 10.2. The summed E-state index contributed by atoms with van der Waals surface area (Å²) in [5.74, 6) is 2.21. The number of ether oxygens (including phenoxy) is 1. The number of phenols is 1. The number of aromatic hydroxyl groups is 1. The standard InChI is InChI=1S/C16H16N4O3/c1-10-19-16(23-20-10)11-6-7-17-14(8-11)18-9-12-4-3-5-13(22-2)15(12)21/h3-8,21H,9H2,1-2H3,(H,17,18). The third-order valence-corrected chi connectivity index (χ3v) is 3.30. The van der Waals surface area contributed by atoms with E-state index in [4.69, 9.17) is 9.26 Å². The molecule has 2 heterocycles. The van der Waals surface area contributed by atoms with Crippen LogP contribution in [0.3, 0.4) is 0 Å². The second kappa shape index (κ2) is 6.35. The molecule has 0 aliphatic rings. The monoisotopic (exact) mass is 312 g/mol. The van der Waals surface area contributed by atoms with E-state index < -0.39 is 0 Å². The first-order valence-corrected chi connectivity index (χ1v) is 7.03. The lowest BCUT2D eigenvalue weighted by atomic mass is 10.2. The molecule has 2 N–H and O–H groups in total. The van der Waals surface area contributed by atoms with Crippen LogP contribution in [-0.2, 0) is 6.54 Å². The van der Waals surface area contributed by atoms with Crippen LogP contribution in [0.1, 0.15) is 11.4 Å². The molecule has 7 heteroatoms. The van der Waals surface area contributed by atoms with E-state index in [9.17, 15) is 5.11 Å². The molecule has 0 amide bonds. The van der Waals surface area contributed by atoms with Crippen molar-refractivity contribution >= 4 is 5.82 Å². The Morgan fingerprint density at radius 3 is 2.91 bits per heavy atom. The zero-order chi connectivity index (χ0) is 16.2. The number of nitrogens with zero attached hydrogens (tertiary/aromatic N) is 3. The molecule has 0 bridgehead atoms. The fourth-order valence-electron chi connectivity index (χ4n) is 2.14. The topological polar surface area (TPSA) is 93.3 Å². The lowest BCUT2D eigenvalue weighted by molar-refractivity contribution is 0.371. The third-order valence-electron chi connectivity index (χ3n) is 3.30. The number of hydrogen-bond donors (Lipinski definition) is 2. The largest absolute Gasteiger partial charge is 0.504 e. The van der Waals surface area contributed by atoms with E-state index in [1.54, 1.807) is 25.3 Å². The number of aryl methyl sites for hydroxylation is 1. The normalized spacial score (nSPS) is 10.5. The van der Waals surface area contributed by atoms with Gasteiger partial charge in [-0.3, -0.25) is 0 Å². The number of anilines is 1. The third kappa shape index (κ3) is 3.23. The van der Waals surface area contributed by atoms with Gasteiger partial charge in [0.25, 0.3) is 5.89 Å². The van der Waals surface area contributed by atoms with E-state index in [2.05, 4.69) is 20.4 Å². The molecule has 0 spiro atoms. The van der Waals surface area contributed by atoms with E-state index in [0.29, 0.717) is 35.4 Å². The molecule has 0 saturated carbocycles. The molecule has 3 aromatic rings. The number of hydrogen-bond acceptors (Lipinski definition) is 7. The average molecular weight is 312 g/mol. The van der Waals surface area contributed by atoms with Crippen molar-refractivity contribution in [3.63, 3.8) is 0 Å². The number of methoxy groups -OCH3 is 1. The first kappa shape index (κ1) is 14.8. The Bertz CT molecular complexity index is 817.